The van der Waals surface area contributed by atoms with Gasteiger partial charge in [0.05, 0.1) is 6.20 Å². The van der Waals surface area contributed by atoms with Gasteiger partial charge >= 0.3 is 0 Å². The van der Waals surface area contributed by atoms with Crippen LogP contribution in [0, 0.1) is 0 Å². The Bertz CT molecular complexity index is 361. The summed E-state index contributed by atoms with van der Waals surface area (Å²) in [5.41, 5.74) is 5.54. The molecule has 1 amide bonds. The van der Waals surface area contributed by atoms with Gasteiger partial charge in [-0.3, -0.25) is 4.79 Å². The molecule has 1 aromatic rings. The zero-order valence-electron chi connectivity index (χ0n) is 9.03. The number of nitrogens with zero attached hydrogens (tertiary/aromatic N) is 1. The van der Waals surface area contributed by atoms with Crippen molar-refractivity contribution >= 4 is 27.4 Å². The van der Waals surface area contributed by atoms with Crippen LogP contribution in [0.2, 0.25) is 0 Å². The zero-order valence-corrected chi connectivity index (χ0v) is 9.85. The Morgan fingerprint density at radius 1 is 1.62 bits per heavy atom. The van der Waals surface area contributed by atoms with Gasteiger partial charge in [-0.05, 0) is 19.3 Å². The van der Waals surface area contributed by atoms with Gasteiger partial charge < -0.3 is 16.4 Å². The Morgan fingerprint density at radius 3 is 3.06 bits per heavy atom. The van der Waals surface area contributed by atoms with E-state index in [9.17, 15) is 4.79 Å². The molecule has 0 aliphatic heterocycles. The monoisotopic (exact) mass is 240 g/mol. The second-order valence-corrected chi connectivity index (χ2v) is 5.00. The summed E-state index contributed by atoms with van der Waals surface area (Å²) >= 11 is 1.42. The van der Waals surface area contributed by atoms with Crippen molar-refractivity contribution < 1.29 is 4.79 Å². The Morgan fingerprint density at radius 2 is 2.44 bits per heavy atom. The lowest BCUT2D eigenvalue weighted by atomic mass is 10.3. The van der Waals surface area contributed by atoms with Crippen LogP contribution in [0.15, 0.2) is 6.20 Å². The summed E-state index contributed by atoms with van der Waals surface area (Å²) in [6, 6.07) is 0.458. The zero-order chi connectivity index (χ0) is 11.4. The van der Waals surface area contributed by atoms with Gasteiger partial charge in [0.25, 0.3) is 0 Å². The van der Waals surface area contributed by atoms with E-state index in [1.807, 2.05) is 0 Å². The lowest BCUT2D eigenvalue weighted by molar-refractivity contribution is -0.121. The first-order valence-electron chi connectivity index (χ1n) is 5.48. The van der Waals surface area contributed by atoms with Gasteiger partial charge in [0.2, 0.25) is 5.91 Å². The molecule has 0 radical (unpaired) electrons. The number of nitrogens with one attached hydrogen (secondary N) is 2. The van der Waals surface area contributed by atoms with Gasteiger partial charge in [-0.15, -0.1) is 0 Å². The average Bonchev–Trinajstić information content (AvgIpc) is 2.95. The molecule has 1 aliphatic carbocycles. The van der Waals surface area contributed by atoms with Crippen molar-refractivity contribution in [2.24, 2.45) is 0 Å². The lowest BCUT2D eigenvalue weighted by Crippen LogP contribution is -2.25. The molecule has 16 heavy (non-hydrogen) atoms. The van der Waals surface area contributed by atoms with Gasteiger partial charge in [-0.2, -0.15) is 0 Å². The summed E-state index contributed by atoms with van der Waals surface area (Å²) in [6.07, 6.45) is 5.31. The van der Waals surface area contributed by atoms with Crippen molar-refractivity contribution in [1.29, 1.82) is 0 Å². The summed E-state index contributed by atoms with van der Waals surface area (Å²) in [5, 5.41) is 7.62. The summed E-state index contributed by atoms with van der Waals surface area (Å²) in [7, 11) is 0. The first-order valence-corrected chi connectivity index (χ1v) is 6.30. The molecule has 1 heterocycles. The SMILES string of the molecule is Nc1cnc(NCCCC(=O)NC2CC2)s1. The number of amides is 1. The fourth-order valence-corrected chi connectivity index (χ4v) is 1.95. The van der Waals surface area contributed by atoms with E-state index >= 15 is 0 Å². The third kappa shape index (κ3) is 3.69. The van der Waals surface area contributed by atoms with Crippen LogP contribution in [-0.2, 0) is 4.79 Å². The summed E-state index contributed by atoms with van der Waals surface area (Å²) in [4.78, 5) is 15.4. The Balaban J connectivity index is 1.55. The highest BCUT2D eigenvalue weighted by Gasteiger charge is 2.22. The molecule has 4 N–H and O–H groups in total. The van der Waals surface area contributed by atoms with E-state index in [-0.39, 0.29) is 5.91 Å². The predicted molar refractivity (Wildman–Crippen MR) is 65.4 cm³/mol. The molecule has 0 atom stereocenters. The predicted octanol–water partition coefficient (Wildman–Crippen LogP) is 1.20. The summed E-state index contributed by atoms with van der Waals surface area (Å²) in [5.74, 6) is 0.156. The molecule has 1 saturated carbocycles. The molecule has 2 rings (SSSR count). The average molecular weight is 240 g/mol. The van der Waals surface area contributed by atoms with Crippen molar-refractivity contribution in [2.75, 3.05) is 17.6 Å². The highest BCUT2D eigenvalue weighted by atomic mass is 32.1. The number of carbonyl (C=O) groups is 1. The van der Waals surface area contributed by atoms with Crippen molar-refractivity contribution in [1.82, 2.24) is 10.3 Å². The fourth-order valence-electron chi connectivity index (χ4n) is 1.34. The number of nitrogens with two attached hydrogens (primary N) is 1. The third-order valence-electron chi connectivity index (χ3n) is 2.32. The molecule has 0 aromatic carbocycles. The number of nitrogen functional groups attached to an aromatic ring is 1. The molecule has 0 spiro atoms. The molecular formula is C10H16N4OS. The Labute approximate surface area is 98.4 Å². The van der Waals surface area contributed by atoms with E-state index in [1.54, 1.807) is 6.20 Å². The second-order valence-electron chi connectivity index (χ2n) is 3.94. The standard InChI is InChI=1S/C10H16N4OS/c11-8-6-13-10(16-8)12-5-1-2-9(15)14-7-3-4-7/h6-7H,1-5,11H2,(H,12,13)(H,14,15). The maximum absolute atomic E-state index is 11.3. The molecular weight excluding hydrogens is 224 g/mol. The minimum atomic E-state index is 0.156. The van der Waals surface area contributed by atoms with Crippen LogP contribution in [0.1, 0.15) is 25.7 Å². The number of rotatable bonds is 6. The summed E-state index contributed by atoms with van der Waals surface area (Å²) in [6.45, 7) is 0.755. The highest BCUT2D eigenvalue weighted by Crippen LogP contribution is 2.20. The van der Waals surface area contributed by atoms with Gasteiger partial charge in [-0.25, -0.2) is 4.98 Å². The van der Waals surface area contributed by atoms with Crippen LogP contribution >= 0.6 is 11.3 Å². The molecule has 6 heteroatoms. The van der Waals surface area contributed by atoms with Gasteiger partial charge in [0.15, 0.2) is 5.13 Å². The number of anilines is 2. The molecule has 1 aromatic heterocycles. The minimum absolute atomic E-state index is 0.156. The number of hydrogen-bond donors (Lipinski definition) is 3. The molecule has 1 aliphatic rings. The fraction of sp³-hybridized carbons (Fsp3) is 0.600. The van der Waals surface area contributed by atoms with E-state index in [2.05, 4.69) is 15.6 Å². The Kier molecular flexibility index (Phi) is 3.61. The van der Waals surface area contributed by atoms with Crippen LogP contribution in [-0.4, -0.2) is 23.5 Å². The number of carbonyl (C=O) groups excluding carboxylic acids is 1. The molecule has 5 nitrogen and oxygen atoms in total. The van der Waals surface area contributed by atoms with E-state index in [0.29, 0.717) is 17.5 Å². The van der Waals surface area contributed by atoms with E-state index in [4.69, 9.17) is 5.73 Å². The van der Waals surface area contributed by atoms with Crippen LogP contribution in [0.4, 0.5) is 10.1 Å². The number of thiazole rings is 1. The smallest absolute Gasteiger partial charge is 0.220 e. The molecule has 0 unspecified atom stereocenters. The highest BCUT2D eigenvalue weighted by molar-refractivity contribution is 7.19. The van der Waals surface area contributed by atoms with Crippen LogP contribution in [0.5, 0.6) is 0 Å². The van der Waals surface area contributed by atoms with E-state index < -0.39 is 0 Å². The van der Waals surface area contributed by atoms with Crippen molar-refractivity contribution in [3.05, 3.63) is 6.20 Å². The van der Waals surface area contributed by atoms with Crippen LogP contribution < -0.4 is 16.4 Å². The van der Waals surface area contributed by atoms with Gasteiger partial charge in [0, 0.05) is 19.0 Å². The largest absolute Gasteiger partial charge is 0.389 e. The quantitative estimate of drug-likeness (QED) is 0.653. The maximum Gasteiger partial charge on any atom is 0.220 e. The first kappa shape index (κ1) is 11.2. The number of aromatic nitrogens is 1. The van der Waals surface area contributed by atoms with Crippen molar-refractivity contribution in [2.45, 2.75) is 31.7 Å². The van der Waals surface area contributed by atoms with Crippen LogP contribution in [0.25, 0.3) is 0 Å². The topological polar surface area (TPSA) is 80.0 Å². The van der Waals surface area contributed by atoms with Gasteiger partial charge in [0.1, 0.15) is 5.00 Å². The van der Waals surface area contributed by atoms with E-state index in [0.717, 1.165) is 30.9 Å². The minimum Gasteiger partial charge on any atom is -0.389 e. The first-order chi connectivity index (χ1) is 7.74. The van der Waals surface area contributed by atoms with E-state index in [1.165, 1.54) is 11.3 Å². The summed E-state index contributed by atoms with van der Waals surface area (Å²) < 4.78 is 0. The third-order valence-corrected chi connectivity index (χ3v) is 3.11. The van der Waals surface area contributed by atoms with Crippen LogP contribution in [0.3, 0.4) is 0 Å². The van der Waals surface area contributed by atoms with Crippen molar-refractivity contribution in [3.8, 4) is 0 Å². The molecule has 88 valence electrons. The second kappa shape index (κ2) is 5.16. The van der Waals surface area contributed by atoms with Gasteiger partial charge in [-0.1, -0.05) is 11.3 Å². The number of hydrogen-bond acceptors (Lipinski definition) is 5. The Hall–Kier alpha value is -1.30. The molecule has 0 saturated heterocycles. The lowest BCUT2D eigenvalue weighted by Gasteiger charge is -2.03. The normalized spacial score (nSPS) is 14.8. The molecule has 1 fully saturated rings. The van der Waals surface area contributed by atoms with Crippen molar-refractivity contribution in [3.63, 3.8) is 0 Å². The molecule has 0 bridgehead atoms. The maximum atomic E-state index is 11.3.